The van der Waals surface area contributed by atoms with Crippen LogP contribution in [0.3, 0.4) is 0 Å². The molecular formula is C18H21ClF3N3O2S. The molecule has 0 aliphatic carbocycles. The molecule has 0 bridgehead atoms. The van der Waals surface area contributed by atoms with Crippen LogP contribution >= 0.6 is 12.4 Å². The van der Waals surface area contributed by atoms with Gasteiger partial charge >= 0.3 is 6.18 Å². The Balaban J connectivity index is 0.00000280. The summed E-state index contributed by atoms with van der Waals surface area (Å²) in [4.78, 5) is 3.99. The Morgan fingerprint density at radius 3 is 2.14 bits per heavy atom. The van der Waals surface area contributed by atoms with Gasteiger partial charge in [-0.15, -0.1) is 12.4 Å². The molecule has 1 heterocycles. The molecule has 1 aliphatic rings. The molecule has 5 nitrogen and oxygen atoms in total. The number of nitrogens with zero attached hydrogens (tertiary/aromatic N) is 2. The fourth-order valence-corrected chi connectivity index (χ4v) is 4.01. The summed E-state index contributed by atoms with van der Waals surface area (Å²) in [6.07, 6.45) is -4.56. The Morgan fingerprint density at radius 2 is 1.57 bits per heavy atom. The highest BCUT2D eigenvalue weighted by Crippen LogP contribution is 2.36. The van der Waals surface area contributed by atoms with Crippen molar-refractivity contribution >= 4 is 33.8 Å². The number of piperazine rings is 1. The van der Waals surface area contributed by atoms with Crippen molar-refractivity contribution in [3.05, 3.63) is 54.1 Å². The maximum atomic E-state index is 13.2. The first kappa shape index (κ1) is 22.3. The maximum absolute atomic E-state index is 13.2. The molecule has 1 N–H and O–H groups in total. The molecule has 1 aliphatic heterocycles. The van der Waals surface area contributed by atoms with Gasteiger partial charge in [-0.2, -0.15) is 13.2 Å². The Hall–Kier alpha value is -1.97. The van der Waals surface area contributed by atoms with Gasteiger partial charge in [0.1, 0.15) is 0 Å². The van der Waals surface area contributed by atoms with E-state index in [4.69, 9.17) is 0 Å². The Kier molecular flexibility index (Phi) is 6.84. The summed E-state index contributed by atoms with van der Waals surface area (Å²) >= 11 is 0. The van der Waals surface area contributed by atoms with E-state index in [9.17, 15) is 21.6 Å². The van der Waals surface area contributed by atoms with Crippen LogP contribution in [0.5, 0.6) is 0 Å². The van der Waals surface area contributed by atoms with E-state index < -0.39 is 21.8 Å². The van der Waals surface area contributed by atoms with Gasteiger partial charge in [0, 0.05) is 26.2 Å². The molecule has 1 saturated heterocycles. The summed E-state index contributed by atoms with van der Waals surface area (Å²) in [7, 11) is -2.04. The third-order valence-corrected chi connectivity index (χ3v) is 5.85. The van der Waals surface area contributed by atoms with Crippen LogP contribution < -0.4 is 9.62 Å². The van der Waals surface area contributed by atoms with Gasteiger partial charge in [-0.1, -0.05) is 18.2 Å². The lowest BCUT2D eigenvalue weighted by atomic mass is 10.1. The number of nitrogens with one attached hydrogen (secondary N) is 1. The summed E-state index contributed by atoms with van der Waals surface area (Å²) < 4.78 is 67.1. The van der Waals surface area contributed by atoms with Gasteiger partial charge in [-0.05, 0) is 37.4 Å². The zero-order valence-electron chi connectivity index (χ0n) is 15.1. The molecule has 0 atom stereocenters. The van der Waals surface area contributed by atoms with Gasteiger partial charge in [-0.3, -0.25) is 4.72 Å². The van der Waals surface area contributed by atoms with Crippen molar-refractivity contribution in [2.45, 2.75) is 11.1 Å². The molecule has 10 heteroatoms. The van der Waals surface area contributed by atoms with E-state index in [1.807, 2.05) is 11.9 Å². The Labute approximate surface area is 168 Å². The highest BCUT2D eigenvalue weighted by Gasteiger charge is 2.32. The van der Waals surface area contributed by atoms with Crippen molar-refractivity contribution in [1.29, 1.82) is 0 Å². The van der Waals surface area contributed by atoms with Crippen LogP contribution in [0, 0.1) is 0 Å². The molecule has 2 aromatic carbocycles. The molecule has 0 saturated carbocycles. The number of rotatable bonds is 4. The third kappa shape index (κ3) is 5.09. The largest absolute Gasteiger partial charge is 0.416 e. The quantitative estimate of drug-likeness (QED) is 0.796. The molecule has 28 heavy (non-hydrogen) atoms. The van der Waals surface area contributed by atoms with E-state index >= 15 is 0 Å². The van der Waals surface area contributed by atoms with Gasteiger partial charge in [0.15, 0.2) is 0 Å². The third-order valence-electron chi connectivity index (χ3n) is 4.47. The normalized spacial score (nSPS) is 15.8. The maximum Gasteiger partial charge on any atom is 0.416 e. The molecule has 0 radical (unpaired) electrons. The smallest absolute Gasteiger partial charge is 0.367 e. The number of halogens is 4. The van der Waals surface area contributed by atoms with Crippen LogP contribution in [-0.2, 0) is 16.2 Å². The van der Waals surface area contributed by atoms with E-state index in [0.29, 0.717) is 18.8 Å². The minimum Gasteiger partial charge on any atom is -0.367 e. The van der Waals surface area contributed by atoms with Gasteiger partial charge in [0.2, 0.25) is 0 Å². The van der Waals surface area contributed by atoms with E-state index in [2.05, 4.69) is 9.62 Å². The number of anilines is 2. The molecule has 0 spiro atoms. The second kappa shape index (κ2) is 8.59. The number of alkyl halides is 3. The molecule has 3 rings (SSSR count). The topological polar surface area (TPSA) is 52.6 Å². The van der Waals surface area contributed by atoms with E-state index in [0.717, 1.165) is 25.2 Å². The van der Waals surface area contributed by atoms with Crippen LogP contribution in [0.2, 0.25) is 0 Å². The van der Waals surface area contributed by atoms with Gasteiger partial charge in [-0.25, -0.2) is 8.42 Å². The Morgan fingerprint density at radius 1 is 0.964 bits per heavy atom. The number of hydrogen-bond donors (Lipinski definition) is 1. The predicted molar refractivity (Wildman–Crippen MR) is 106 cm³/mol. The SMILES string of the molecule is CN1CCN(c2ccc(C(F)(F)F)cc2NS(=O)(=O)c2ccccc2)CC1.Cl. The summed E-state index contributed by atoms with van der Waals surface area (Å²) in [5, 5.41) is 0. The number of hydrogen-bond acceptors (Lipinski definition) is 4. The van der Waals surface area contributed by atoms with Crippen molar-refractivity contribution in [3.8, 4) is 0 Å². The molecule has 1 fully saturated rings. The first-order valence-electron chi connectivity index (χ1n) is 8.39. The van der Waals surface area contributed by atoms with Crippen LogP contribution in [0.1, 0.15) is 5.56 Å². The minimum atomic E-state index is -4.56. The number of likely N-dealkylation sites (N-methyl/N-ethyl adjacent to an activating group) is 1. The lowest BCUT2D eigenvalue weighted by Crippen LogP contribution is -2.44. The first-order valence-corrected chi connectivity index (χ1v) is 9.88. The van der Waals surface area contributed by atoms with Crippen LogP contribution in [0.25, 0.3) is 0 Å². The first-order chi connectivity index (χ1) is 12.7. The zero-order chi connectivity index (χ0) is 19.7. The van der Waals surface area contributed by atoms with Crippen LogP contribution in [-0.4, -0.2) is 46.5 Å². The average molecular weight is 436 g/mol. The lowest BCUT2D eigenvalue weighted by molar-refractivity contribution is -0.137. The molecule has 0 unspecified atom stereocenters. The molecule has 2 aromatic rings. The average Bonchev–Trinajstić information content (AvgIpc) is 2.62. The molecule has 0 aromatic heterocycles. The van der Waals surface area contributed by atoms with E-state index in [1.54, 1.807) is 18.2 Å². The number of sulfonamides is 1. The summed E-state index contributed by atoms with van der Waals surface area (Å²) in [5.41, 5.74) is -0.528. The fourth-order valence-electron chi connectivity index (χ4n) is 2.92. The molecular weight excluding hydrogens is 415 g/mol. The van der Waals surface area contributed by atoms with Gasteiger partial charge < -0.3 is 9.80 Å². The van der Waals surface area contributed by atoms with Crippen molar-refractivity contribution < 1.29 is 21.6 Å². The van der Waals surface area contributed by atoms with Crippen molar-refractivity contribution in [2.24, 2.45) is 0 Å². The van der Waals surface area contributed by atoms with Crippen LogP contribution in [0.15, 0.2) is 53.4 Å². The van der Waals surface area contributed by atoms with Crippen molar-refractivity contribution in [2.75, 3.05) is 42.8 Å². The summed E-state index contributed by atoms with van der Waals surface area (Å²) in [6.45, 7) is 2.68. The van der Waals surface area contributed by atoms with E-state index in [1.165, 1.54) is 18.2 Å². The highest BCUT2D eigenvalue weighted by molar-refractivity contribution is 7.92. The van der Waals surface area contributed by atoms with Crippen molar-refractivity contribution in [1.82, 2.24) is 4.90 Å². The van der Waals surface area contributed by atoms with Gasteiger partial charge in [0.05, 0.1) is 21.8 Å². The molecule has 154 valence electrons. The predicted octanol–water partition coefficient (Wildman–Crippen LogP) is 3.68. The summed E-state index contributed by atoms with van der Waals surface area (Å²) in [5.74, 6) is 0. The van der Waals surface area contributed by atoms with E-state index in [-0.39, 0.29) is 23.0 Å². The van der Waals surface area contributed by atoms with Crippen molar-refractivity contribution in [3.63, 3.8) is 0 Å². The second-order valence-electron chi connectivity index (χ2n) is 6.44. The lowest BCUT2D eigenvalue weighted by Gasteiger charge is -2.35. The van der Waals surface area contributed by atoms with Gasteiger partial charge in [0.25, 0.3) is 10.0 Å². The summed E-state index contributed by atoms with van der Waals surface area (Å²) in [6, 6.07) is 10.7. The standard InChI is InChI=1S/C18H20F3N3O2S.ClH/c1-23-9-11-24(12-10-23)17-8-7-14(18(19,20)21)13-16(17)22-27(25,26)15-5-3-2-4-6-15;/h2-8,13,22H,9-12H2,1H3;1H. The Bertz CT molecular complexity index is 900. The fraction of sp³-hybridized carbons (Fsp3) is 0.333. The van der Waals surface area contributed by atoms with Crippen LogP contribution in [0.4, 0.5) is 24.5 Å². The second-order valence-corrected chi connectivity index (χ2v) is 8.12. The number of benzene rings is 2. The monoisotopic (exact) mass is 435 g/mol. The highest BCUT2D eigenvalue weighted by atomic mass is 35.5. The molecule has 0 amide bonds. The minimum absolute atomic E-state index is 0. The zero-order valence-corrected chi connectivity index (χ0v) is 16.7.